The average molecular weight is 511 g/mol. The van der Waals surface area contributed by atoms with Gasteiger partial charge in [-0.25, -0.2) is 0 Å². The fraction of sp³-hybridized carbons (Fsp3) is 0.536. The molecule has 8 heteroatoms. The molecular formula is C28H34N2O5S. The van der Waals surface area contributed by atoms with E-state index in [0.29, 0.717) is 13.1 Å². The summed E-state index contributed by atoms with van der Waals surface area (Å²) in [5.74, 6) is -2.28. The van der Waals surface area contributed by atoms with Gasteiger partial charge in [0.25, 0.3) is 0 Å². The van der Waals surface area contributed by atoms with Crippen LogP contribution in [0.25, 0.3) is 0 Å². The summed E-state index contributed by atoms with van der Waals surface area (Å²) in [4.78, 5) is 45.3. The molecule has 4 aliphatic heterocycles. The van der Waals surface area contributed by atoms with E-state index < -0.39 is 39.4 Å². The lowest BCUT2D eigenvalue weighted by Crippen LogP contribution is -2.54. The van der Waals surface area contributed by atoms with Gasteiger partial charge in [-0.3, -0.25) is 14.4 Å². The minimum absolute atomic E-state index is 0.119. The van der Waals surface area contributed by atoms with Crippen LogP contribution in [-0.2, 0) is 19.1 Å². The number of likely N-dealkylation sites (tertiary alicyclic amines) is 1. The van der Waals surface area contributed by atoms with E-state index in [1.807, 2.05) is 66.5 Å². The van der Waals surface area contributed by atoms with E-state index in [9.17, 15) is 19.5 Å². The third kappa shape index (κ3) is 3.80. The fourth-order valence-corrected chi connectivity index (χ4v) is 8.60. The number of amides is 2. The van der Waals surface area contributed by atoms with Crippen LogP contribution in [0.1, 0.15) is 44.7 Å². The van der Waals surface area contributed by atoms with E-state index >= 15 is 0 Å². The van der Waals surface area contributed by atoms with Crippen molar-refractivity contribution in [1.29, 1.82) is 0 Å². The number of carbonyl (C=O) groups excluding carboxylic acids is 3. The molecule has 1 unspecified atom stereocenters. The van der Waals surface area contributed by atoms with Crippen molar-refractivity contribution in [3.63, 3.8) is 0 Å². The predicted molar refractivity (Wildman–Crippen MR) is 138 cm³/mol. The van der Waals surface area contributed by atoms with Gasteiger partial charge in [0.1, 0.15) is 12.6 Å². The maximum atomic E-state index is 14.4. The number of hydrogen-bond donors (Lipinski definition) is 1. The van der Waals surface area contributed by atoms with Crippen molar-refractivity contribution < 1.29 is 24.2 Å². The number of nitrogens with zero attached hydrogens (tertiary/aromatic N) is 2. The Morgan fingerprint density at radius 1 is 1.08 bits per heavy atom. The fourth-order valence-electron chi connectivity index (χ4n) is 6.46. The summed E-state index contributed by atoms with van der Waals surface area (Å²) >= 11 is 1.53. The number of carbonyl (C=O) groups is 3. The molecule has 0 radical (unpaired) electrons. The molecule has 192 valence electrons. The van der Waals surface area contributed by atoms with Crippen LogP contribution in [0.4, 0.5) is 0 Å². The molecule has 1 aromatic carbocycles. The summed E-state index contributed by atoms with van der Waals surface area (Å²) in [6, 6.07) is 7.81. The number of thioether (sulfide) groups is 1. The lowest BCUT2D eigenvalue weighted by molar-refractivity contribution is -0.153. The van der Waals surface area contributed by atoms with Crippen LogP contribution >= 0.6 is 11.8 Å². The molecule has 1 aromatic rings. The second kappa shape index (κ2) is 9.71. The standard InChI is InChI=1S/C28H34N2O5S/c1-3-4-8-15-29-16-9-14-28-21(22-26(34)35-17-10-13-27(22,2)36-28)24(32)30(23(28)25(29)33)20(18-31)19-11-6-5-7-12-19/h5-7,9-14,20-23,31H,3-4,8,15-18H2,1-2H3/t20-,21+,22+,23?,27-,28+/m1/s1. The van der Waals surface area contributed by atoms with Crippen LogP contribution in [0, 0.1) is 11.8 Å². The first-order valence-electron chi connectivity index (χ1n) is 12.9. The van der Waals surface area contributed by atoms with Crippen molar-refractivity contribution in [2.24, 2.45) is 11.8 Å². The molecule has 2 saturated heterocycles. The Balaban J connectivity index is 1.65. The van der Waals surface area contributed by atoms with Crippen molar-refractivity contribution in [1.82, 2.24) is 9.80 Å². The third-order valence-corrected chi connectivity index (χ3v) is 9.86. The van der Waals surface area contributed by atoms with Gasteiger partial charge in [-0.1, -0.05) is 68.3 Å². The molecule has 4 aliphatic rings. The van der Waals surface area contributed by atoms with Gasteiger partial charge in [-0.2, -0.15) is 0 Å². The van der Waals surface area contributed by atoms with Crippen molar-refractivity contribution in [3.8, 4) is 0 Å². The first-order chi connectivity index (χ1) is 17.4. The number of benzene rings is 1. The van der Waals surface area contributed by atoms with Crippen molar-refractivity contribution in [2.45, 2.75) is 54.7 Å². The Morgan fingerprint density at radius 3 is 2.58 bits per heavy atom. The molecule has 2 amide bonds. The van der Waals surface area contributed by atoms with Gasteiger partial charge in [0, 0.05) is 17.8 Å². The highest BCUT2D eigenvalue weighted by Gasteiger charge is 2.74. The van der Waals surface area contributed by atoms with Crippen LogP contribution in [0.2, 0.25) is 0 Å². The molecule has 2 fully saturated rings. The summed E-state index contributed by atoms with van der Waals surface area (Å²) < 4.78 is 3.87. The van der Waals surface area contributed by atoms with Crippen LogP contribution in [0.15, 0.2) is 54.6 Å². The molecule has 0 aliphatic carbocycles. The highest BCUT2D eigenvalue weighted by molar-refractivity contribution is 8.02. The highest BCUT2D eigenvalue weighted by Crippen LogP contribution is 2.66. The van der Waals surface area contributed by atoms with Crippen molar-refractivity contribution >= 4 is 29.5 Å². The number of cyclic esters (lactones) is 1. The second-order valence-corrected chi connectivity index (χ2v) is 12.1. The molecule has 1 spiro atoms. The lowest BCUT2D eigenvalue weighted by atomic mass is 9.75. The minimum atomic E-state index is -0.935. The van der Waals surface area contributed by atoms with Gasteiger partial charge in [0.05, 0.1) is 29.2 Å². The summed E-state index contributed by atoms with van der Waals surface area (Å²) in [5, 5.41) is 10.5. The quantitative estimate of drug-likeness (QED) is 0.345. The largest absolute Gasteiger partial charge is 0.461 e. The van der Waals surface area contributed by atoms with Crippen molar-refractivity contribution in [2.75, 3.05) is 26.3 Å². The highest BCUT2D eigenvalue weighted by atomic mass is 32.2. The van der Waals surface area contributed by atoms with E-state index in [4.69, 9.17) is 4.74 Å². The molecule has 4 heterocycles. The number of rotatable bonds is 7. The average Bonchev–Trinajstić information content (AvgIpc) is 3.13. The Kier molecular flexibility index (Phi) is 6.76. The number of unbranched alkanes of at least 4 members (excludes halogenated alkanes) is 2. The Bertz CT molecular complexity index is 1090. The number of aliphatic hydroxyl groups is 1. The maximum Gasteiger partial charge on any atom is 0.311 e. The van der Waals surface area contributed by atoms with Gasteiger partial charge in [-0.15, -0.1) is 11.8 Å². The summed E-state index contributed by atoms with van der Waals surface area (Å²) in [7, 11) is 0. The number of fused-ring (bicyclic) bond motifs is 2. The zero-order chi connectivity index (χ0) is 25.5. The topological polar surface area (TPSA) is 87.2 Å². The molecule has 0 aromatic heterocycles. The Hall–Kier alpha value is -2.58. The molecule has 0 bridgehead atoms. The molecule has 6 atom stereocenters. The van der Waals surface area contributed by atoms with E-state index in [1.165, 1.54) is 11.8 Å². The number of hydrogen-bond acceptors (Lipinski definition) is 6. The van der Waals surface area contributed by atoms with E-state index in [-0.39, 0.29) is 25.0 Å². The van der Waals surface area contributed by atoms with Gasteiger partial charge < -0.3 is 19.6 Å². The molecule has 0 saturated carbocycles. The smallest absolute Gasteiger partial charge is 0.311 e. The first kappa shape index (κ1) is 25.1. The summed E-state index contributed by atoms with van der Waals surface area (Å²) in [6.45, 7) is 5.02. The van der Waals surface area contributed by atoms with E-state index in [0.717, 1.165) is 24.8 Å². The maximum absolute atomic E-state index is 14.4. The monoisotopic (exact) mass is 510 g/mol. The van der Waals surface area contributed by atoms with Crippen LogP contribution in [-0.4, -0.2) is 74.5 Å². The van der Waals surface area contributed by atoms with E-state index in [1.54, 1.807) is 4.90 Å². The Morgan fingerprint density at radius 2 is 1.86 bits per heavy atom. The predicted octanol–water partition coefficient (Wildman–Crippen LogP) is 3.11. The second-order valence-electron chi connectivity index (χ2n) is 10.3. The van der Waals surface area contributed by atoms with Crippen LogP contribution in [0.5, 0.6) is 0 Å². The molecule has 1 N–H and O–H groups in total. The zero-order valence-corrected chi connectivity index (χ0v) is 21.7. The lowest BCUT2D eigenvalue weighted by Gasteiger charge is -2.39. The van der Waals surface area contributed by atoms with E-state index in [2.05, 4.69) is 6.92 Å². The number of esters is 1. The van der Waals surface area contributed by atoms with Crippen LogP contribution < -0.4 is 0 Å². The third-order valence-electron chi connectivity index (χ3n) is 8.06. The molecular weight excluding hydrogens is 476 g/mol. The van der Waals surface area contributed by atoms with Crippen molar-refractivity contribution in [3.05, 3.63) is 60.2 Å². The number of aliphatic hydroxyl groups excluding tert-OH is 1. The molecule has 36 heavy (non-hydrogen) atoms. The van der Waals surface area contributed by atoms with Crippen LogP contribution in [0.3, 0.4) is 0 Å². The Labute approximate surface area is 216 Å². The van der Waals surface area contributed by atoms with Gasteiger partial charge >= 0.3 is 5.97 Å². The van der Waals surface area contributed by atoms with Gasteiger partial charge in [0.2, 0.25) is 11.8 Å². The van der Waals surface area contributed by atoms with Gasteiger partial charge in [0.15, 0.2) is 0 Å². The summed E-state index contributed by atoms with van der Waals surface area (Å²) in [5.41, 5.74) is 0.762. The molecule has 5 rings (SSSR count). The SMILES string of the molecule is CCCCCN1CC=C[C@]23S[C@]4(C)C=CCOC(=O)[C@@H]4[C@H]2C(=O)N([C@H](CO)c2ccccc2)C3C1=O. The first-order valence-corrected chi connectivity index (χ1v) is 13.7. The normalized spacial score (nSPS) is 34.1. The summed E-state index contributed by atoms with van der Waals surface area (Å²) in [6.07, 6.45) is 10.7. The minimum Gasteiger partial charge on any atom is -0.461 e. The zero-order valence-electron chi connectivity index (χ0n) is 20.8. The van der Waals surface area contributed by atoms with Gasteiger partial charge in [-0.05, 0) is 25.0 Å². The molecule has 7 nitrogen and oxygen atoms in total. The number of ether oxygens (including phenoxy) is 1.